The van der Waals surface area contributed by atoms with E-state index in [1.807, 2.05) is 0 Å². The number of carbonyl (C=O) groups is 1. The van der Waals surface area contributed by atoms with E-state index in [-0.39, 0.29) is 0 Å². The van der Waals surface area contributed by atoms with Crippen LogP contribution in [0.4, 0.5) is 0 Å². The smallest absolute Gasteiger partial charge is 0.237 e. The second-order valence-electron chi connectivity index (χ2n) is 5.88. The first-order valence-corrected chi connectivity index (χ1v) is 7.25. The van der Waals surface area contributed by atoms with E-state index in [1.165, 1.54) is 6.42 Å². The SMILES string of the molecule is CCCN(CCCCC(C)(N)C(N)=O)CCN(C)C. The van der Waals surface area contributed by atoms with Crippen molar-refractivity contribution < 1.29 is 4.79 Å². The van der Waals surface area contributed by atoms with E-state index in [2.05, 4.69) is 30.8 Å². The van der Waals surface area contributed by atoms with Crippen molar-refractivity contribution in [3.05, 3.63) is 0 Å². The number of hydrogen-bond acceptors (Lipinski definition) is 4. The first-order chi connectivity index (χ1) is 8.79. The summed E-state index contributed by atoms with van der Waals surface area (Å²) in [5.74, 6) is -0.412. The van der Waals surface area contributed by atoms with Crippen molar-refractivity contribution in [1.29, 1.82) is 0 Å². The Morgan fingerprint density at radius 2 is 1.74 bits per heavy atom. The second kappa shape index (κ2) is 9.28. The van der Waals surface area contributed by atoms with Crippen molar-refractivity contribution in [3.8, 4) is 0 Å². The quantitative estimate of drug-likeness (QED) is 0.541. The van der Waals surface area contributed by atoms with Gasteiger partial charge in [0.15, 0.2) is 0 Å². The highest BCUT2D eigenvalue weighted by Gasteiger charge is 2.24. The van der Waals surface area contributed by atoms with Crippen molar-refractivity contribution in [3.63, 3.8) is 0 Å². The molecule has 1 amide bonds. The number of nitrogens with two attached hydrogens (primary N) is 2. The Labute approximate surface area is 118 Å². The topological polar surface area (TPSA) is 75.6 Å². The average Bonchev–Trinajstić information content (AvgIpc) is 2.31. The summed E-state index contributed by atoms with van der Waals surface area (Å²) in [6.45, 7) is 8.28. The molecule has 114 valence electrons. The molecule has 0 aromatic heterocycles. The maximum absolute atomic E-state index is 11.1. The van der Waals surface area contributed by atoms with E-state index in [4.69, 9.17) is 11.5 Å². The molecular formula is C14H32N4O. The number of rotatable bonds is 11. The normalized spacial score (nSPS) is 14.9. The lowest BCUT2D eigenvalue weighted by Gasteiger charge is -2.25. The minimum atomic E-state index is -0.862. The number of carbonyl (C=O) groups excluding carboxylic acids is 1. The molecule has 5 nitrogen and oxygen atoms in total. The molecule has 19 heavy (non-hydrogen) atoms. The molecule has 0 spiro atoms. The fraction of sp³-hybridized carbons (Fsp3) is 0.929. The van der Waals surface area contributed by atoms with Gasteiger partial charge in [-0.3, -0.25) is 4.79 Å². The van der Waals surface area contributed by atoms with Crippen molar-refractivity contribution in [2.75, 3.05) is 40.3 Å². The van der Waals surface area contributed by atoms with Crippen LogP contribution < -0.4 is 11.5 Å². The zero-order valence-electron chi connectivity index (χ0n) is 13.1. The molecule has 0 saturated heterocycles. The van der Waals surface area contributed by atoms with Gasteiger partial charge in [0, 0.05) is 13.1 Å². The largest absolute Gasteiger partial charge is 0.368 e. The molecule has 1 unspecified atom stereocenters. The predicted molar refractivity (Wildman–Crippen MR) is 80.9 cm³/mol. The van der Waals surface area contributed by atoms with Crippen LogP contribution in [0.25, 0.3) is 0 Å². The van der Waals surface area contributed by atoms with Gasteiger partial charge in [0.05, 0.1) is 5.54 Å². The van der Waals surface area contributed by atoms with Gasteiger partial charge >= 0.3 is 0 Å². The molecule has 5 heteroatoms. The van der Waals surface area contributed by atoms with E-state index in [9.17, 15) is 4.79 Å². The standard InChI is InChI=1S/C14H32N4O/c1-5-9-18(12-11-17(3)4)10-7-6-8-14(2,16)13(15)19/h5-12,16H2,1-4H3,(H2,15,19). The number of hydrogen-bond donors (Lipinski definition) is 2. The van der Waals surface area contributed by atoms with Crippen LogP contribution in [0.15, 0.2) is 0 Å². The third kappa shape index (κ3) is 8.97. The third-order valence-corrected chi connectivity index (χ3v) is 3.39. The minimum absolute atomic E-state index is 0.412. The molecule has 0 rings (SSSR count). The molecule has 0 aliphatic heterocycles. The number of amides is 1. The molecule has 0 aliphatic carbocycles. The first kappa shape index (κ1) is 18.4. The fourth-order valence-corrected chi connectivity index (χ4v) is 1.94. The van der Waals surface area contributed by atoms with Crippen molar-refractivity contribution in [2.24, 2.45) is 11.5 Å². The predicted octanol–water partition coefficient (Wildman–Crippen LogP) is 0.633. The van der Waals surface area contributed by atoms with E-state index in [1.54, 1.807) is 6.92 Å². The Hall–Kier alpha value is -0.650. The average molecular weight is 272 g/mol. The molecule has 0 bridgehead atoms. The van der Waals surface area contributed by atoms with Crippen LogP contribution >= 0.6 is 0 Å². The molecule has 0 heterocycles. The lowest BCUT2D eigenvalue weighted by Crippen LogP contribution is -2.49. The molecule has 1 atom stereocenters. The van der Waals surface area contributed by atoms with E-state index < -0.39 is 11.4 Å². The van der Waals surface area contributed by atoms with E-state index >= 15 is 0 Å². The van der Waals surface area contributed by atoms with Gasteiger partial charge in [0.2, 0.25) is 5.91 Å². The fourth-order valence-electron chi connectivity index (χ4n) is 1.94. The summed E-state index contributed by atoms with van der Waals surface area (Å²) in [5.41, 5.74) is 10.2. The summed E-state index contributed by atoms with van der Waals surface area (Å²) in [4.78, 5) is 15.8. The van der Waals surface area contributed by atoms with Crippen molar-refractivity contribution in [2.45, 2.75) is 45.1 Å². The van der Waals surface area contributed by atoms with Crippen molar-refractivity contribution in [1.82, 2.24) is 9.80 Å². The zero-order chi connectivity index (χ0) is 14.9. The summed E-state index contributed by atoms with van der Waals surface area (Å²) < 4.78 is 0. The Balaban J connectivity index is 3.89. The number of unbranched alkanes of at least 4 members (excludes halogenated alkanes) is 1. The second-order valence-corrected chi connectivity index (χ2v) is 5.88. The van der Waals surface area contributed by atoms with Crippen LogP contribution in [0.5, 0.6) is 0 Å². The molecule has 0 aliphatic rings. The van der Waals surface area contributed by atoms with Gasteiger partial charge in [-0.25, -0.2) is 0 Å². The summed E-state index contributed by atoms with van der Waals surface area (Å²) in [6.07, 6.45) is 3.84. The molecule has 0 aromatic rings. The molecule has 0 fully saturated rings. The van der Waals surface area contributed by atoms with Gasteiger partial charge in [0.1, 0.15) is 0 Å². The summed E-state index contributed by atoms with van der Waals surface area (Å²) in [7, 11) is 4.19. The van der Waals surface area contributed by atoms with Crippen LogP contribution in [0.1, 0.15) is 39.5 Å². The summed E-state index contributed by atoms with van der Waals surface area (Å²) in [6, 6.07) is 0. The highest BCUT2D eigenvalue weighted by Crippen LogP contribution is 2.10. The number of likely N-dealkylation sites (N-methyl/N-ethyl adjacent to an activating group) is 1. The Morgan fingerprint density at radius 1 is 1.11 bits per heavy atom. The molecule has 0 aromatic carbocycles. The van der Waals surface area contributed by atoms with Gasteiger partial charge < -0.3 is 21.3 Å². The summed E-state index contributed by atoms with van der Waals surface area (Å²) in [5, 5.41) is 0. The van der Waals surface area contributed by atoms with Gasteiger partial charge in [0.25, 0.3) is 0 Å². The molecule has 4 N–H and O–H groups in total. The Bertz CT molecular complexity index is 254. The maximum Gasteiger partial charge on any atom is 0.237 e. The van der Waals surface area contributed by atoms with Gasteiger partial charge in [-0.15, -0.1) is 0 Å². The molecule has 0 radical (unpaired) electrons. The van der Waals surface area contributed by atoms with Gasteiger partial charge in [-0.1, -0.05) is 6.92 Å². The highest BCUT2D eigenvalue weighted by atomic mass is 16.1. The first-order valence-electron chi connectivity index (χ1n) is 7.25. The van der Waals surface area contributed by atoms with Gasteiger partial charge in [-0.2, -0.15) is 0 Å². The Morgan fingerprint density at radius 3 is 2.21 bits per heavy atom. The Kier molecular flexibility index (Phi) is 8.97. The molecule has 0 saturated carbocycles. The lowest BCUT2D eigenvalue weighted by molar-refractivity contribution is -0.122. The van der Waals surface area contributed by atoms with Crippen LogP contribution in [0.2, 0.25) is 0 Å². The molecular weight excluding hydrogens is 240 g/mol. The monoisotopic (exact) mass is 272 g/mol. The zero-order valence-corrected chi connectivity index (χ0v) is 13.1. The maximum atomic E-state index is 11.1. The van der Waals surface area contributed by atoms with E-state index in [0.717, 1.165) is 39.0 Å². The minimum Gasteiger partial charge on any atom is -0.368 e. The summed E-state index contributed by atoms with van der Waals surface area (Å²) >= 11 is 0. The van der Waals surface area contributed by atoms with Crippen LogP contribution in [-0.4, -0.2) is 61.5 Å². The lowest BCUT2D eigenvalue weighted by atomic mass is 9.95. The third-order valence-electron chi connectivity index (χ3n) is 3.39. The number of primary amides is 1. The van der Waals surface area contributed by atoms with E-state index in [0.29, 0.717) is 6.42 Å². The van der Waals surface area contributed by atoms with Crippen LogP contribution in [0.3, 0.4) is 0 Å². The van der Waals surface area contributed by atoms with Crippen LogP contribution in [0, 0.1) is 0 Å². The highest BCUT2D eigenvalue weighted by molar-refractivity contribution is 5.83. The number of nitrogens with zero attached hydrogens (tertiary/aromatic N) is 2. The van der Waals surface area contributed by atoms with Gasteiger partial charge in [-0.05, 0) is 59.8 Å². The van der Waals surface area contributed by atoms with Crippen molar-refractivity contribution >= 4 is 5.91 Å². The van der Waals surface area contributed by atoms with Crippen LogP contribution in [-0.2, 0) is 4.79 Å².